The first-order valence-corrected chi connectivity index (χ1v) is 6.80. The molecule has 0 radical (unpaired) electrons. The molecule has 1 unspecified atom stereocenters. The van der Waals surface area contributed by atoms with Crippen LogP contribution in [-0.4, -0.2) is 36.3 Å². The summed E-state index contributed by atoms with van der Waals surface area (Å²) in [6.45, 7) is 2.18. The molecule has 6 heteroatoms. The number of unbranched alkanes of at least 4 members (excludes halogenated alkanes) is 4. The van der Waals surface area contributed by atoms with E-state index in [1.54, 1.807) is 0 Å². The Morgan fingerprint density at radius 2 is 2.05 bits per heavy atom. The first-order valence-electron chi connectivity index (χ1n) is 6.80. The Labute approximate surface area is 112 Å². The van der Waals surface area contributed by atoms with Gasteiger partial charge in [-0.05, 0) is 6.42 Å². The van der Waals surface area contributed by atoms with Crippen molar-refractivity contribution in [2.75, 3.05) is 0 Å². The smallest absolute Gasteiger partial charge is 0.225 e. The highest BCUT2D eigenvalue weighted by Gasteiger charge is 2.27. The van der Waals surface area contributed by atoms with E-state index in [9.17, 15) is 4.79 Å². The molecule has 0 bridgehead atoms. The summed E-state index contributed by atoms with van der Waals surface area (Å²) in [5.74, 6) is 1.11. The zero-order chi connectivity index (χ0) is 13.5. The van der Waals surface area contributed by atoms with Gasteiger partial charge < -0.3 is 5.32 Å². The van der Waals surface area contributed by atoms with Gasteiger partial charge >= 0.3 is 0 Å². The molecule has 2 rings (SSSR count). The number of rotatable bonds is 6. The summed E-state index contributed by atoms with van der Waals surface area (Å²) in [5.41, 5.74) is 0. The van der Waals surface area contributed by atoms with Crippen LogP contribution in [0.4, 0.5) is 0 Å². The zero-order valence-electron chi connectivity index (χ0n) is 11.2. The molecule has 1 atom stereocenters. The predicted octanol–water partition coefficient (Wildman–Crippen LogP) is 1.71. The van der Waals surface area contributed by atoms with E-state index in [1.165, 1.54) is 31.9 Å². The molecule has 2 aliphatic rings. The third-order valence-electron chi connectivity index (χ3n) is 3.07. The van der Waals surface area contributed by atoms with E-state index in [-0.39, 0.29) is 11.9 Å². The summed E-state index contributed by atoms with van der Waals surface area (Å²) >= 11 is 0. The van der Waals surface area contributed by atoms with Crippen molar-refractivity contribution in [1.29, 1.82) is 0 Å². The molecule has 1 N–H and O–H groups in total. The van der Waals surface area contributed by atoms with E-state index in [2.05, 4.69) is 32.2 Å². The number of carbonyl (C=O) groups excluding carboxylic acids is 1. The Kier molecular flexibility index (Phi) is 4.94. The lowest BCUT2D eigenvalue weighted by Gasteiger charge is -2.14. The van der Waals surface area contributed by atoms with Crippen molar-refractivity contribution in [3.05, 3.63) is 0 Å². The second-order valence-electron chi connectivity index (χ2n) is 4.63. The van der Waals surface area contributed by atoms with Crippen molar-refractivity contribution >= 4 is 30.3 Å². The van der Waals surface area contributed by atoms with Crippen molar-refractivity contribution < 1.29 is 4.79 Å². The fourth-order valence-corrected chi connectivity index (χ4v) is 2.01. The Hall–Kier alpha value is -1.85. The maximum atomic E-state index is 11.8. The van der Waals surface area contributed by atoms with E-state index in [0.717, 1.165) is 12.8 Å². The van der Waals surface area contributed by atoms with Gasteiger partial charge in [-0.25, -0.2) is 15.0 Å². The maximum Gasteiger partial charge on any atom is 0.225 e. The monoisotopic (exact) mass is 261 g/mol. The summed E-state index contributed by atoms with van der Waals surface area (Å²) in [6, 6.07) is -0.325. The van der Waals surface area contributed by atoms with Crippen molar-refractivity contribution in [1.82, 2.24) is 5.32 Å². The molecule has 0 aromatic rings. The second-order valence-corrected chi connectivity index (χ2v) is 4.63. The van der Waals surface area contributed by atoms with Gasteiger partial charge in [0.25, 0.3) is 0 Å². The molecule has 0 aliphatic carbocycles. The van der Waals surface area contributed by atoms with Crippen LogP contribution in [0.3, 0.4) is 0 Å². The van der Waals surface area contributed by atoms with Crippen molar-refractivity contribution in [3.8, 4) is 0 Å². The standard InChI is InChI=1S/C13H19N5O/c1-2-3-4-5-6-7-10(19)18-13-11-12(15-8-14-11)16-9-17-13/h8-9,11H,2-7H2,1H3,(H,14,15,16,17,18,19). The lowest BCUT2D eigenvalue weighted by molar-refractivity contribution is -0.119. The molecular weight excluding hydrogens is 242 g/mol. The number of hydrogen-bond acceptors (Lipinski definition) is 5. The van der Waals surface area contributed by atoms with E-state index in [0.29, 0.717) is 18.1 Å². The van der Waals surface area contributed by atoms with E-state index < -0.39 is 0 Å². The van der Waals surface area contributed by atoms with Gasteiger partial charge in [0.2, 0.25) is 5.91 Å². The number of aliphatic imine (C=N–C) groups is 4. The number of fused-ring (bicyclic) bond motifs is 1. The molecule has 2 aliphatic heterocycles. The van der Waals surface area contributed by atoms with Gasteiger partial charge in [-0.1, -0.05) is 32.6 Å². The molecule has 0 aromatic heterocycles. The number of amidine groups is 2. The molecule has 102 valence electrons. The summed E-state index contributed by atoms with van der Waals surface area (Å²) in [6.07, 6.45) is 9.05. The van der Waals surface area contributed by atoms with Crippen molar-refractivity contribution in [2.24, 2.45) is 20.0 Å². The van der Waals surface area contributed by atoms with Gasteiger partial charge in [-0.3, -0.25) is 9.79 Å². The average Bonchev–Trinajstić information content (AvgIpc) is 2.88. The molecule has 1 amide bonds. The van der Waals surface area contributed by atoms with Crippen molar-refractivity contribution in [3.63, 3.8) is 0 Å². The minimum absolute atomic E-state index is 0.00741. The van der Waals surface area contributed by atoms with Crippen LogP contribution in [0.1, 0.15) is 45.4 Å². The first kappa shape index (κ1) is 13.6. The number of hydrogen-bond donors (Lipinski definition) is 1. The number of carbonyl (C=O) groups is 1. The fraction of sp³-hybridized carbons (Fsp3) is 0.615. The number of nitrogens with one attached hydrogen (secondary N) is 1. The molecule has 0 saturated heterocycles. The Morgan fingerprint density at radius 1 is 1.21 bits per heavy atom. The van der Waals surface area contributed by atoms with Crippen LogP contribution in [0, 0.1) is 0 Å². The van der Waals surface area contributed by atoms with Gasteiger partial charge in [0.15, 0.2) is 11.9 Å². The molecule has 0 spiro atoms. The molecule has 2 heterocycles. The lowest BCUT2D eigenvalue weighted by Crippen LogP contribution is -2.42. The molecule has 19 heavy (non-hydrogen) atoms. The van der Waals surface area contributed by atoms with Crippen LogP contribution >= 0.6 is 0 Å². The van der Waals surface area contributed by atoms with Crippen molar-refractivity contribution in [2.45, 2.75) is 51.5 Å². The quantitative estimate of drug-likeness (QED) is 0.726. The Balaban J connectivity index is 1.73. The van der Waals surface area contributed by atoms with Crippen LogP contribution in [0.5, 0.6) is 0 Å². The molecular formula is C13H19N5O. The van der Waals surface area contributed by atoms with Crippen LogP contribution < -0.4 is 5.32 Å². The summed E-state index contributed by atoms with van der Waals surface area (Å²) < 4.78 is 0. The second kappa shape index (κ2) is 6.92. The lowest BCUT2D eigenvalue weighted by atomic mass is 10.1. The summed E-state index contributed by atoms with van der Waals surface area (Å²) in [5, 5.41) is 2.81. The highest BCUT2D eigenvalue weighted by Crippen LogP contribution is 2.09. The van der Waals surface area contributed by atoms with Crippen LogP contribution in [0.2, 0.25) is 0 Å². The molecule has 6 nitrogen and oxygen atoms in total. The SMILES string of the molecule is CCCCCCCC(=O)NC1=NC=NC2=NC=NC21. The topological polar surface area (TPSA) is 78.5 Å². The zero-order valence-corrected chi connectivity index (χ0v) is 11.2. The maximum absolute atomic E-state index is 11.8. The number of nitrogens with zero attached hydrogens (tertiary/aromatic N) is 4. The van der Waals surface area contributed by atoms with Gasteiger partial charge in [0.05, 0.1) is 0 Å². The highest BCUT2D eigenvalue weighted by molar-refractivity contribution is 6.22. The van der Waals surface area contributed by atoms with Gasteiger partial charge in [-0.2, -0.15) is 0 Å². The Bertz CT molecular complexity index is 450. The third-order valence-corrected chi connectivity index (χ3v) is 3.07. The minimum atomic E-state index is -0.325. The summed E-state index contributed by atoms with van der Waals surface area (Å²) in [7, 11) is 0. The van der Waals surface area contributed by atoms with Crippen LogP contribution in [-0.2, 0) is 4.79 Å². The van der Waals surface area contributed by atoms with Gasteiger partial charge in [0.1, 0.15) is 18.5 Å². The summed E-state index contributed by atoms with van der Waals surface area (Å²) in [4.78, 5) is 28.0. The number of amides is 1. The van der Waals surface area contributed by atoms with E-state index >= 15 is 0 Å². The molecule has 0 aromatic carbocycles. The van der Waals surface area contributed by atoms with Crippen LogP contribution in [0.15, 0.2) is 20.0 Å². The predicted molar refractivity (Wildman–Crippen MR) is 77.2 cm³/mol. The highest BCUT2D eigenvalue weighted by atomic mass is 16.1. The van der Waals surface area contributed by atoms with Gasteiger partial charge in [0, 0.05) is 6.42 Å². The first-order chi connectivity index (χ1) is 9.31. The average molecular weight is 261 g/mol. The largest absolute Gasteiger partial charge is 0.312 e. The van der Waals surface area contributed by atoms with E-state index in [1.807, 2.05) is 0 Å². The van der Waals surface area contributed by atoms with Crippen LogP contribution in [0.25, 0.3) is 0 Å². The minimum Gasteiger partial charge on any atom is -0.312 e. The molecule has 0 saturated carbocycles. The molecule has 0 fully saturated rings. The normalized spacial score (nSPS) is 19.9. The van der Waals surface area contributed by atoms with E-state index in [4.69, 9.17) is 0 Å². The Morgan fingerprint density at radius 3 is 2.89 bits per heavy atom. The van der Waals surface area contributed by atoms with Gasteiger partial charge in [-0.15, -0.1) is 0 Å². The fourth-order valence-electron chi connectivity index (χ4n) is 2.01. The third kappa shape index (κ3) is 3.81.